The van der Waals surface area contributed by atoms with Gasteiger partial charge in [-0.25, -0.2) is 4.79 Å². The van der Waals surface area contributed by atoms with Crippen molar-refractivity contribution in [3.8, 4) is 5.75 Å². The summed E-state index contributed by atoms with van der Waals surface area (Å²) in [5, 5.41) is 15.6. The molecule has 27 heavy (non-hydrogen) atoms. The number of amides is 2. The van der Waals surface area contributed by atoms with Crippen LogP contribution < -0.4 is 15.4 Å². The number of ether oxygens (including phenoxy) is 1. The van der Waals surface area contributed by atoms with Gasteiger partial charge in [-0.15, -0.1) is 0 Å². The van der Waals surface area contributed by atoms with Crippen LogP contribution in [0.3, 0.4) is 0 Å². The first-order chi connectivity index (χ1) is 13.1. The zero-order valence-electron chi connectivity index (χ0n) is 15.8. The number of rotatable bonds is 8. The third-order valence-electron chi connectivity index (χ3n) is 4.98. The van der Waals surface area contributed by atoms with Crippen LogP contribution in [0.4, 0.5) is 4.79 Å². The molecule has 3 rings (SSSR count). The second kappa shape index (κ2) is 8.91. The number of nitrogens with one attached hydrogen (secondary N) is 2. The van der Waals surface area contributed by atoms with Crippen LogP contribution in [-0.4, -0.2) is 37.4 Å². The zero-order valence-corrected chi connectivity index (χ0v) is 15.8. The Morgan fingerprint density at radius 3 is 2.74 bits per heavy atom. The van der Waals surface area contributed by atoms with E-state index < -0.39 is 5.41 Å². The van der Waals surface area contributed by atoms with Crippen molar-refractivity contribution in [1.29, 1.82) is 0 Å². The summed E-state index contributed by atoms with van der Waals surface area (Å²) in [6.07, 6.45) is 2.45. The highest BCUT2D eigenvalue weighted by Crippen LogP contribution is 2.26. The number of carbonyl (C=O) groups is 1. The SMILES string of the molecule is CC(CO)(CNC(=O)NCCc1ccc2c(c1)CCO2)Cc1ccccc1. The van der Waals surface area contributed by atoms with Gasteiger partial charge < -0.3 is 20.5 Å². The lowest BCUT2D eigenvalue weighted by Gasteiger charge is -2.27. The van der Waals surface area contributed by atoms with E-state index in [4.69, 9.17) is 4.74 Å². The molecule has 3 N–H and O–H groups in total. The fourth-order valence-electron chi connectivity index (χ4n) is 3.33. The fraction of sp³-hybridized carbons (Fsp3) is 0.409. The molecule has 0 saturated heterocycles. The Hall–Kier alpha value is -2.53. The molecule has 5 heteroatoms. The zero-order chi connectivity index (χ0) is 19.1. The van der Waals surface area contributed by atoms with Gasteiger partial charge >= 0.3 is 6.03 Å². The Morgan fingerprint density at radius 2 is 1.96 bits per heavy atom. The lowest BCUT2D eigenvalue weighted by atomic mass is 9.84. The van der Waals surface area contributed by atoms with Crippen LogP contribution in [0.5, 0.6) is 5.75 Å². The molecule has 1 unspecified atom stereocenters. The van der Waals surface area contributed by atoms with Gasteiger partial charge in [-0.3, -0.25) is 0 Å². The summed E-state index contributed by atoms with van der Waals surface area (Å²) in [5.74, 6) is 0.978. The number of aliphatic hydroxyl groups excluding tert-OH is 1. The van der Waals surface area contributed by atoms with Crippen molar-refractivity contribution < 1.29 is 14.6 Å². The molecule has 0 saturated carbocycles. The molecule has 0 bridgehead atoms. The molecule has 1 aliphatic heterocycles. The third-order valence-corrected chi connectivity index (χ3v) is 4.98. The first-order valence-electron chi connectivity index (χ1n) is 9.49. The predicted molar refractivity (Wildman–Crippen MR) is 106 cm³/mol. The van der Waals surface area contributed by atoms with Gasteiger partial charge in [0.05, 0.1) is 13.2 Å². The molecule has 5 nitrogen and oxygen atoms in total. The van der Waals surface area contributed by atoms with Crippen LogP contribution in [0.2, 0.25) is 0 Å². The number of carbonyl (C=O) groups excluding carboxylic acids is 1. The van der Waals surface area contributed by atoms with Crippen molar-refractivity contribution in [3.05, 3.63) is 65.2 Å². The molecule has 2 amide bonds. The molecule has 0 fully saturated rings. The number of benzene rings is 2. The number of aliphatic hydroxyl groups is 1. The van der Waals surface area contributed by atoms with Gasteiger partial charge in [-0.1, -0.05) is 49.4 Å². The second-order valence-corrected chi connectivity index (χ2v) is 7.53. The highest BCUT2D eigenvalue weighted by Gasteiger charge is 2.24. The maximum absolute atomic E-state index is 12.1. The number of hydrogen-bond acceptors (Lipinski definition) is 3. The molecular formula is C22H28N2O3. The van der Waals surface area contributed by atoms with Crippen LogP contribution >= 0.6 is 0 Å². The molecule has 0 aromatic heterocycles. The summed E-state index contributed by atoms with van der Waals surface area (Å²) in [6, 6.07) is 16.0. The van der Waals surface area contributed by atoms with E-state index in [9.17, 15) is 9.90 Å². The first-order valence-corrected chi connectivity index (χ1v) is 9.49. The van der Waals surface area contributed by atoms with Crippen LogP contribution in [0, 0.1) is 5.41 Å². The Bertz CT molecular complexity index is 763. The summed E-state index contributed by atoms with van der Waals surface area (Å²) in [4.78, 5) is 12.1. The van der Waals surface area contributed by atoms with E-state index in [0.717, 1.165) is 30.8 Å². The molecule has 2 aromatic carbocycles. The molecule has 1 aliphatic rings. The van der Waals surface area contributed by atoms with Crippen LogP contribution in [-0.2, 0) is 19.3 Å². The number of hydrogen-bond donors (Lipinski definition) is 3. The van der Waals surface area contributed by atoms with Gasteiger partial charge in [-0.2, -0.15) is 0 Å². The summed E-state index contributed by atoms with van der Waals surface area (Å²) < 4.78 is 5.51. The van der Waals surface area contributed by atoms with Crippen molar-refractivity contribution in [2.45, 2.75) is 26.2 Å². The average Bonchev–Trinajstić information content (AvgIpc) is 3.15. The topological polar surface area (TPSA) is 70.6 Å². The van der Waals surface area contributed by atoms with Gasteiger partial charge in [0.2, 0.25) is 0 Å². The quantitative estimate of drug-likeness (QED) is 0.671. The minimum absolute atomic E-state index is 0.0133. The van der Waals surface area contributed by atoms with E-state index in [-0.39, 0.29) is 12.6 Å². The summed E-state index contributed by atoms with van der Waals surface area (Å²) >= 11 is 0. The predicted octanol–water partition coefficient (Wildman–Crippen LogP) is 2.70. The summed E-state index contributed by atoms with van der Waals surface area (Å²) in [5.41, 5.74) is 3.20. The maximum atomic E-state index is 12.1. The molecule has 1 heterocycles. The minimum Gasteiger partial charge on any atom is -0.493 e. The Labute approximate surface area is 160 Å². The fourth-order valence-corrected chi connectivity index (χ4v) is 3.33. The van der Waals surface area contributed by atoms with E-state index >= 15 is 0 Å². The van der Waals surface area contributed by atoms with Crippen LogP contribution in [0.1, 0.15) is 23.6 Å². The van der Waals surface area contributed by atoms with E-state index in [1.165, 1.54) is 11.1 Å². The van der Waals surface area contributed by atoms with Crippen LogP contribution in [0.25, 0.3) is 0 Å². The highest BCUT2D eigenvalue weighted by molar-refractivity contribution is 5.73. The molecule has 0 radical (unpaired) electrons. The number of urea groups is 1. The van der Waals surface area contributed by atoms with Crippen molar-refractivity contribution in [2.24, 2.45) is 5.41 Å². The normalized spacial score (nSPS) is 14.7. The van der Waals surface area contributed by atoms with Gasteiger partial charge in [0.25, 0.3) is 0 Å². The molecule has 1 atom stereocenters. The lowest BCUT2D eigenvalue weighted by molar-refractivity contribution is 0.140. The van der Waals surface area contributed by atoms with Gasteiger partial charge in [0, 0.05) is 24.9 Å². The maximum Gasteiger partial charge on any atom is 0.314 e. The van der Waals surface area contributed by atoms with E-state index in [0.29, 0.717) is 19.5 Å². The average molecular weight is 368 g/mol. The Balaban J connectivity index is 1.42. The van der Waals surface area contributed by atoms with Crippen molar-refractivity contribution in [3.63, 3.8) is 0 Å². The Morgan fingerprint density at radius 1 is 1.15 bits per heavy atom. The number of fused-ring (bicyclic) bond motifs is 1. The third kappa shape index (κ3) is 5.47. The summed E-state index contributed by atoms with van der Waals surface area (Å²) in [6.45, 7) is 3.73. The van der Waals surface area contributed by atoms with Gasteiger partial charge in [-0.05, 0) is 35.6 Å². The highest BCUT2D eigenvalue weighted by atomic mass is 16.5. The lowest BCUT2D eigenvalue weighted by Crippen LogP contribution is -2.44. The second-order valence-electron chi connectivity index (χ2n) is 7.53. The standard InChI is InChI=1S/C22H28N2O3/c1-22(16-25,14-18-5-3-2-4-6-18)15-24-21(26)23-11-9-17-7-8-20-19(13-17)10-12-27-20/h2-8,13,25H,9-12,14-16H2,1H3,(H2,23,24,26). The van der Waals surface area contributed by atoms with E-state index in [1.807, 2.05) is 49.4 Å². The first kappa shape index (κ1) is 19.2. The smallest absolute Gasteiger partial charge is 0.314 e. The van der Waals surface area contributed by atoms with Crippen LogP contribution in [0.15, 0.2) is 48.5 Å². The van der Waals surface area contributed by atoms with Crippen molar-refractivity contribution >= 4 is 6.03 Å². The van der Waals surface area contributed by atoms with Crippen molar-refractivity contribution in [1.82, 2.24) is 10.6 Å². The van der Waals surface area contributed by atoms with Gasteiger partial charge in [0.1, 0.15) is 5.75 Å². The molecule has 144 valence electrons. The largest absolute Gasteiger partial charge is 0.493 e. The van der Waals surface area contributed by atoms with Crippen molar-refractivity contribution in [2.75, 3.05) is 26.3 Å². The van der Waals surface area contributed by atoms with Gasteiger partial charge in [0.15, 0.2) is 0 Å². The minimum atomic E-state index is -0.390. The molecule has 0 spiro atoms. The molecule has 2 aromatic rings. The van der Waals surface area contributed by atoms with E-state index in [1.54, 1.807) is 0 Å². The molecular weight excluding hydrogens is 340 g/mol. The summed E-state index contributed by atoms with van der Waals surface area (Å²) in [7, 11) is 0. The van der Waals surface area contributed by atoms with E-state index in [2.05, 4.69) is 16.7 Å². The molecule has 0 aliphatic carbocycles. The Kier molecular flexibility index (Phi) is 6.35. The monoisotopic (exact) mass is 368 g/mol.